The lowest BCUT2D eigenvalue weighted by Crippen LogP contribution is -2.41. The number of hydrogen-bond acceptors (Lipinski definition) is 3. The van der Waals surface area contributed by atoms with E-state index in [1.807, 2.05) is 24.3 Å². The molecule has 1 amide bonds. The topological polar surface area (TPSA) is 47.6 Å². The Kier molecular flexibility index (Phi) is 4.65. The van der Waals surface area contributed by atoms with Crippen LogP contribution in [0.1, 0.15) is 32.3 Å². The second-order valence-electron chi connectivity index (χ2n) is 5.83. The Hall–Kier alpha value is -1.55. The van der Waals surface area contributed by atoms with Crippen molar-refractivity contribution < 1.29 is 14.3 Å². The molecular formula is C16H23NO3. The van der Waals surface area contributed by atoms with Gasteiger partial charge < -0.3 is 14.8 Å². The van der Waals surface area contributed by atoms with Crippen molar-refractivity contribution in [1.29, 1.82) is 0 Å². The average Bonchev–Trinajstić information content (AvgIpc) is 2.99. The number of methoxy groups -OCH3 is 1. The zero-order valence-electron chi connectivity index (χ0n) is 12.4. The summed E-state index contributed by atoms with van der Waals surface area (Å²) < 4.78 is 10.5. The summed E-state index contributed by atoms with van der Waals surface area (Å²) in [5.74, 6) is 0.844. The summed E-state index contributed by atoms with van der Waals surface area (Å²) in [6.45, 7) is 5.52. The third-order valence-electron chi connectivity index (χ3n) is 3.80. The van der Waals surface area contributed by atoms with Crippen LogP contribution in [0.3, 0.4) is 0 Å². The van der Waals surface area contributed by atoms with Crippen LogP contribution in [0.2, 0.25) is 0 Å². The summed E-state index contributed by atoms with van der Waals surface area (Å²) in [6, 6.07) is 7.96. The highest BCUT2D eigenvalue weighted by atomic mass is 16.5. The average molecular weight is 277 g/mol. The van der Waals surface area contributed by atoms with Crippen LogP contribution in [0, 0.1) is 0 Å². The smallest absolute Gasteiger partial charge is 0.249 e. The molecule has 1 aromatic carbocycles. The van der Waals surface area contributed by atoms with Gasteiger partial charge in [0.2, 0.25) is 5.91 Å². The fraction of sp³-hybridized carbons (Fsp3) is 0.562. The molecule has 1 atom stereocenters. The third kappa shape index (κ3) is 3.51. The SMILES string of the molecule is COc1ccc(C(C)(C)CNC(=O)C2CCCO2)cc1. The first-order chi connectivity index (χ1) is 9.53. The lowest BCUT2D eigenvalue weighted by molar-refractivity contribution is -0.130. The number of ether oxygens (including phenoxy) is 2. The fourth-order valence-corrected chi connectivity index (χ4v) is 2.35. The summed E-state index contributed by atoms with van der Waals surface area (Å²) in [4.78, 5) is 12.0. The normalized spacial score (nSPS) is 18.9. The molecule has 1 aliphatic rings. The van der Waals surface area contributed by atoms with E-state index in [9.17, 15) is 4.79 Å². The van der Waals surface area contributed by atoms with Gasteiger partial charge in [0.1, 0.15) is 11.9 Å². The van der Waals surface area contributed by atoms with E-state index in [2.05, 4.69) is 19.2 Å². The number of nitrogens with one attached hydrogen (secondary N) is 1. The Bertz CT molecular complexity index is 447. The van der Waals surface area contributed by atoms with Gasteiger partial charge in [0.15, 0.2) is 0 Å². The second kappa shape index (κ2) is 6.27. The van der Waals surface area contributed by atoms with Crippen molar-refractivity contribution in [1.82, 2.24) is 5.32 Å². The predicted octanol–water partition coefficient (Wildman–Crippen LogP) is 2.27. The Morgan fingerprint density at radius 3 is 2.65 bits per heavy atom. The van der Waals surface area contributed by atoms with Crippen molar-refractivity contribution in [2.24, 2.45) is 0 Å². The molecule has 0 bridgehead atoms. The van der Waals surface area contributed by atoms with Crippen LogP contribution in [-0.4, -0.2) is 32.3 Å². The van der Waals surface area contributed by atoms with Gasteiger partial charge in [-0.25, -0.2) is 0 Å². The molecule has 2 rings (SSSR count). The standard InChI is InChI=1S/C16H23NO3/c1-16(2,12-6-8-13(19-3)9-7-12)11-17-15(18)14-5-4-10-20-14/h6-9,14H,4-5,10-11H2,1-3H3,(H,17,18). The Morgan fingerprint density at radius 1 is 1.40 bits per heavy atom. The first-order valence-electron chi connectivity index (χ1n) is 7.07. The van der Waals surface area contributed by atoms with Crippen LogP contribution >= 0.6 is 0 Å². The number of carbonyl (C=O) groups excluding carboxylic acids is 1. The van der Waals surface area contributed by atoms with Crippen molar-refractivity contribution >= 4 is 5.91 Å². The maximum Gasteiger partial charge on any atom is 0.249 e. The Balaban J connectivity index is 1.93. The van der Waals surface area contributed by atoms with E-state index >= 15 is 0 Å². The quantitative estimate of drug-likeness (QED) is 0.898. The zero-order valence-corrected chi connectivity index (χ0v) is 12.4. The molecule has 1 N–H and O–H groups in total. The van der Waals surface area contributed by atoms with Crippen molar-refractivity contribution in [3.63, 3.8) is 0 Å². The number of amides is 1. The van der Waals surface area contributed by atoms with Crippen LogP contribution < -0.4 is 10.1 Å². The van der Waals surface area contributed by atoms with E-state index in [1.165, 1.54) is 5.56 Å². The minimum atomic E-state index is -0.262. The summed E-state index contributed by atoms with van der Waals surface area (Å²) in [7, 11) is 1.65. The van der Waals surface area contributed by atoms with Gasteiger partial charge in [-0.05, 0) is 30.5 Å². The van der Waals surface area contributed by atoms with Crippen molar-refractivity contribution in [3.05, 3.63) is 29.8 Å². The van der Waals surface area contributed by atoms with Gasteiger partial charge in [-0.3, -0.25) is 4.79 Å². The summed E-state index contributed by atoms with van der Waals surface area (Å²) in [5.41, 5.74) is 1.05. The van der Waals surface area contributed by atoms with Crippen LogP contribution in [0.25, 0.3) is 0 Å². The van der Waals surface area contributed by atoms with Crippen LogP contribution in [0.4, 0.5) is 0 Å². The molecule has 4 heteroatoms. The minimum absolute atomic E-state index is 0.00378. The first kappa shape index (κ1) is 14.9. The number of benzene rings is 1. The van der Waals surface area contributed by atoms with Crippen molar-refractivity contribution in [3.8, 4) is 5.75 Å². The fourth-order valence-electron chi connectivity index (χ4n) is 2.35. The van der Waals surface area contributed by atoms with Crippen molar-refractivity contribution in [2.75, 3.05) is 20.3 Å². The van der Waals surface area contributed by atoms with Gasteiger partial charge in [-0.1, -0.05) is 26.0 Å². The number of rotatable bonds is 5. The largest absolute Gasteiger partial charge is 0.497 e. The van der Waals surface area contributed by atoms with Gasteiger partial charge in [0.05, 0.1) is 7.11 Å². The molecule has 0 spiro atoms. The summed E-state index contributed by atoms with van der Waals surface area (Å²) >= 11 is 0. The molecule has 0 saturated carbocycles. The van der Waals surface area contributed by atoms with E-state index in [0.717, 1.165) is 18.6 Å². The van der Waals surface area contributed by atoms with Gasteiger partial charge in [-0.15, -0.1) is 0 Å². The highest BCUT2D eigenvalue weighted by molar-refractivity contribution is 5.81. The molecule has 110 valence electrons. The monoisotopic (exact) mass is 277 g/mol. The van der Waals surface area contributed by atoms with Crippen LogP contribution in [0.5, 0.6) is 5.75 Å². The maximum atomic E-state index is 12.0. The highest BCUT2D eigenvalue weighted by Gasteiger charge is 2.26. The minimum Gasteiger partial charge on any atom is -0.497 e. The van der Waals surface area contributed by atoms with E-state index in [4.69, 9.17) is 9.47 Å². The second-order valence-corrected chi connectivity index (χ2v) is 5.83. The van der Waals surface area contributed by atoms with E-state index in [0.29, 0.717) is 13.2 Å². The van der Waals surface area contributed by atoms with Crippen molar-refractivity contribution in [2.45, 2.75) is 38.2 Å². The van der Waals surface area contributed by atoms with Crippen LogP contribution in [0.15, 0.2) is 24.3 Å². The molecule has 0 aliphatic carbocycles. The summed E-state index contributed by atoms with van der Waals surface area (Å²) in [5, 5.41) is 3.00. The Labute approximate surface area is 120 Å². The zero-order chi connectivity index (χ0) is 14.6. The lowest BCUT2D eigenvalue weighted by Gasteiger charge is -2.26. The predicted molar refractivity (Wildman–Crippen MR) is 78.0 cm³/mol. The molecule has 1 heterocycles. The van der Waals surface area contributed by atoms with Gasteiger partial charge in [0, 0.05) is 18.6 Å². The molecule has 20 heavy (non-hydrogen) atoms. The molecular weight excluding hydrogens is 254 g/mol. The molecule has 1 fully saturated rings. The molecule has 1 aliphatic heterocycles. The van der Waals surface area contributed by atoms with Crippen LogP contribution in [-0.2, 0) is 14.9 Å². The molecule has 4 nitrogen and oxygen atoms in total. The van der Waals surface area contributed by atoms with E-state index in [1.54, 1.807) is 7.11 Å². The van der Waals surface area contributed by atoms with E-state index < -0.39 is 0 Å². The van der Waals surface area contributed by atoms with E-state index in [-0.39, 0.29) is 17.4 Å². The first-order valence-corrected chi connectivity index (χ1v) is 7.07. The molecule has 0 radical (unpaired) electrons. The maximum absolute atomic E-state index is 12.0. The molecule has 1 saturated heterocycles. The van der Waals surface area contributed by atoms with Gasteiger partial charge in [-0.2, -0.15) is 0 Å². The molecule has 1 aromatic rings. The molecule has 1 unspecified atom stereocenters. The summed E-state index contributed by atoms with van der Waals surface area (Å²) in [6.07, 6.45) is 1.54. The van der Waals surface area contributed by atoms with Gasteiger partial charge in [0.25, 0.3) is 0 Å². The van der Waals surface area contributed by atoms with Gasteiger partial charge >= 0.3 is 0 Å². The lowest BCUT2D eigenvalue weighted by atomic mass is 9.84. The highest BCUT2D eigenvalue weighted by Crippen LogP contribution is 2.24. The number of carbonyl (C=O) groups is 1. The third-order valence-corrected chi connectivity index (χ3v) is 3.80. The Morgan fingerprint density at radius 2 is 2.10 bits per heavy atom. The number of hydrogen-bond donors (Lipinski definition) is 1. The molecule has 0 aromatic heterocycles.